The van der Waals surface area contributed by atoms with E-state index in [0.717, 1.165) is 13.0 Å². The van der Waals surface area contributed by atoms with Crippen LogP contribution in [0.2, 0.25) is 0 Å². The van der Waals surface area contributed by atoms with Crippen LogP contribution in [0.4, 0.5) is 0 Å². The van der Waals surface area contributed by atoms with Crippen LogP contribution in [0.25, 0.3) is 0 Å². The van der Waals surface area contributed by atoms with E-state index in [4.69, 9.17) is 0 Å². The molecule has 1 aromatic rings. The van der Waals surface area contributed by atoms with Gasteiger partial charge in [0, 0.05) is 19.5 Å². The van der Waals surface area contributed by atoms with Crippen LogP contribution in [0.1, 0.15) is 49.8 Å². The summed E-state index contributed by atoms with van der Waals surface area (Å²) in [6, 6.07) is 9.12. The van der Waals surface area contributed by atoms with E-state index in [1.807, 2.05) is 11.9 Å². The van der Waals surface area contributed by atoms with Gasteiger partial charge in [-0.05, 0) is 45.2 Å². The molecular weight excluding hydrogens is 248 g/mol. The van der Waals surface area contributed by atoms with Crippen molar-refractivity contribution < 1.29 is 4.79 Å². The summed E-state index contributed by atoms with van der Waals surface area (Å²) in [5.41, 5.74) is 2.45. The molecule has 1 aliphatic rings. The minimum absolute atomic E-state index is 0.139. The average molecular weight is 274 g/mol. The zero-order valence-corrected chi connectivity index (χ0v) is 12.9. The van der Waals surface area contributed by atoms with Crippen molar-refractivity contribution in [2.24, 2.45) is 0 Å². The Morgan fingerprint density at radius 3 is 2.70 bits per heavy atom. The fraction of sp³-hybridized carbons (Fsp3) is 0.588. The Morgan fingerprint density at radius 1 is 1.40 bits per heavy atom. The molecule has 3 nitrogen and oxygen atoms in total. The van der Waals surface area contributed by atoms with Crippen molar-refractivity contribution in [2.45, 2.75) is 51.6 Å². The molecule has 0 saturated carbocycles. The molecular formula is C17H26N2O. The lowest BCUT2D eigenvalue weighted by molar-refractivity contribution is -0.132. The van der Waals surface area contributed by atoms with E-state index in [-0.39, 0.29) is 11.9 Å². The molecule has 2 atom stereocenters. The van der Waals surface area contributed by atoms with Gasteiger partial charge in [0.2, 0.25) is 5.91 Å². The first kappa shape index (κ1) is 15.0. The lowest BCUT2D eigenvalue weighted by Crippen LogP contribution is -2.31. The summed E-state index contributed by atoms with van der Waals surface area (Å²) in [4.78, 5) is 14.2. The number of amides is 1. The summed E-state index contributed by atoms with van der Waals surface area (Å²) in [5, 5.41) is 3.45. The van der Waals surface area contributed by atoms with Crippen molar-refractivity contribution in [3.05, 3.63) is 35.4 Å². The fourth-order valence-corrected chi connectivity index (χ4v) is 2.76. The molecule has 1 saturated heterocycles. The van der Waals surface area contributed by atoms with Gasteiger partial charge in [-0.1, -0.05) is 29.8 Å². The number of carbonyl (C=O) groups excluding carboxylic acids is 1. The third-order valence-corrected chi connectivity index (χ3v) is 4.40. The number of aryl methyl sites for hydroxylation is 1. The largest absolute Gasteiger partial charge is 0.339 e. The van der Waals surface area contributed by atoms with E-state index in [9.17, 15) is 4.79 Å². The van der Waals surface area contributed by atoms with Crippen molar-refractivity contribution in [1.82, 2.24) is 10.2 Å². The molecule has 1 fully saturated rings. The monoisotopic (exact) mass is 274 g/mol. The highest BCUT2D eigenvalue weighted by Crippen LogP contribution is 2.21. The van der Waals surface area contributed by atoms with Crippen molar-refractivity contribution in [3.63, 3.8) is 0 Å². The lowest BCUT2D eigenvalue weighted by Gasteiger charge is -2.26. The maximum absolute atomic E-state index is 12.3. The van der Waals surface area contributed by atoms with Crippen LogP contribution in [0.3, 0.4) is 0 Å². The third kappa shape index (κ3) is 3.83. The van der Waals surface area contributed by atoms with Crippen LogP contribution < -0.4 is 5.32 Å². The van der Waals surface area contributed by atoms with Crippen LogP contribution in [0.5, 0.6) is 0 Å². The minimum Gasteiger partial charge on any atom is -0.339 e. The number of nitrogens with one attached hydrogen (secondary N) is 1. The Kier molecular flexibility index (Phi) is 5.18. The molecule has 0 aromatic heterocycles. The fourth-order valence-electron chi connectivity index (χ4n) is 2.76. The highest BCUT2D eigenvalue weighted by molar-refractivity contribution is 5.76. The molecule has 0 radical (unpaired) electrons. The van der Waals surface area contributed by atoms with E-state index in [0.29, 0.717) is 12.5 Å². The standard InChI is InChI=1S/C17H26N2O/c1-13-6-8-15(9-7-13)14(2)19(3)17(20)11-10-16-5-4-12-18-16/h6-9,14,16,18H,4-5,10-12H2,1-3H3. The molecule has 20 heavy (non-hydrogen) atoms. The molecule has 1 N–H and O–H groups in total. The molecule has 0 aliphatic carbocycles. The summed E-state index contributed by atoms with van der Waals surface area (Å²) in [5.74, 6) is 0.242. The van der Waals surface area contributed by atoms with Gasteiger partial charge in [0.15, 0.2) is 0 Å². The number of hydrogen-bond donors (Lipinski definition) is 1. The molecule has 110 valence electrons. The first-order valence-corrected chi connectivity index (χ1v) is 7.63. The van der Waals surface area contributed by atoms with Gasteiger partial charge in [0.05, 0.1) is 6.04 Å². The molecule has 3 heteroatoms. The molecule has 1 aliphatic heterocycles. The van der Waals surface area contributed by atoms with E-state index < -0.39 is 0 Å². The number of nitrogens with zero attached hydrogens (tertiary/aromatic N) is 1. The second-order valence-corrected chi connectivity index (χ2v) is 5.92. The quantitative estimate of drug-likeness (QED) is 0.895. The van der Waals surface area contributed by atoms with Gasteiger partial charge in [-0.15, -0.1) is 0 Å². The third-order valence-electron chi connectivity index (χ3n) is 4.40. The zero-order chi connectivity index (χ0) is 14.5. The van der Waals surface area contributed by atoms with Crippen LogP contribution >= 0.6 is 0 Å². The SMILES string of the molecule is Cc1ccc(C(C)N(C)C(=O)CCC2CCCN2)cc1. The Labute approximate surface area is 122 Å². The molecule has 1 amide bonds. The predicted octanol–water partition coefficient (Wildman–Crippen LogP) is 3.05. The highest BCUT2D eigenvalue weighted by atomic mass is 16.2. The van der Waals surface area contributed by atoms with E-state index in [1.54, 1.807) is 0 Å². The van der Waals surface area contributed by atoms with Crippen LogP contribution in [-0.4, -0.2) is 30.4 Å². The normalized spacial score (nSPS) is 19.9. The molecule has 0 spiro atoms. The van der Waals surface area contributed by atoms with Crippen LogP contribution in [0.15, 0.2) is 24.3 Å². The number of hydrogen-bond acceptors (Lipinski definition) is 2. The summed E-state index contributed by atoms with van der Waals surface area (Å²) < 4.78 is 0. The second-order valence-electron chi connectivity index (χ2n) is 5.92. The van der Waals surface area contributed by atoms with E-state index >= 15 is 0 Å². The smallest absolute Gasteiger partial charge is 0.222 e. The van der Waals surface area contributed by atoms with Gasteiger partial charge < -0.3 is 10.2 Å². The zero-order valence-electron chi connectivity index (χ0n) is 12.9. The van der Waals surface area contributed by atoms with Crippen molar-refractivity contribution in [3.8, 4) is 0 Å². The Morgan fingerprint density at radius 2 is 2.10 bits per heavy atom. The molecule has 2 rings (SSSR count). The van der Waals surface area contributed by atoms with E-state index in [2.05, 4.69) is 43.4 Å². The number of carbonyl (C=O) groups is 1. The summed E-state index contributed by atoms with van der Waals surface area (Å²) >= 11 is 0. The topological polar surface area (TPSA) is 32.3 Å². The van der Waals surface area contributed by atoms with E-state index in [1.165, 1.54) is 24.0 Å². The second kappa shape index (κ2) is 6.89. The van der Waals surface area contributed by atoms with Gasteiger partial charge in [-0.2, -0.15) is 0 Å². The minimum atomic E-state index is 0.139. The molecule has 1 heterocycles. The lowest BCUT2D eigenvalue weighted by atomic mass is 10.0. The first-order valence-electron chi connectivity index (χ1n) is 7.63. The van der Waals surface area contributed by atoms with Gasteiger partial charge in [-0.3, -0.25) is 4.79 Å². The van der Waals surface area contributed by atoms with Crippen molar-refractivity contribution in [2.75, 3.05) is 13.6 Å². The predicted molar refractivity (Wildman–Crippen MR) is 82.6 cm³/mol. The Bertz CT molecular complexity index is 435. The summed E-state index contributed by atoms with van der Waals surface area (Å²) in [7, 11) is 1.91. The number of benzene rings is 1. The van der Waals surface area contributed by atoms with Crippen molar-refractivity contribution in [1.29, 1.82) is 0 Å². The van der Waals surface area contributed by atoms with Crippen LogP contribution in [-0.2, 0) is 4.79 Å². The van der Waals surface area contributed by atoms with Crippen LogP contribution in [0, 0.1) is 6.92 Å². The van der Waals surface area contributed by atoms with Gasteiger partial charge in [0.1, 0.15) is 0 Å². The maximum atomic E-state index is 12.3. The van der Waals surface area contributed by atoms with Gasteiger partial charge in [-0.25, -0.2) is 0 Å². The van der Waals surface area contributed by atoms with Gasteiger partial charge >= 0.3 is 0 Å². The molecule has 2 unspecified atom stereocenters. The maximum Gasteiger partial charge on any atom is 0.222 e. The Balaban J connectivity index is 1.86. The molecule has 1 aromatic carbocycles. The summed E-state index contributed by atoms with van der Waals surface area (Å²) in [6.07, 6.45) is 4.06. The highest BCUT2D eigenvalue weighted by Gasteiger charge is 2.20. The first-order chi connectivity index (χ1) is 9.58. The Hall–Kier alpha value is -1.35. The van der Waals surface area contributed by atoms with Gasteiger partial charge in [0.25, 0.3) is 0 Å². The molecule has 0 bridgehead atoms. The van der Waals surface area contributed by atoms with Crippen molar-refractivity contribution >= 4 is 5.91 Å². The average Bonchev–Trinajstić information content (AvgIpc) is 2.97. The number of rotatable bonds is 5. The summed E-state index contributed by atoms with van der Waals surface area (Å²) in [6.45, 7) is 5.28.